The van der Waals surface area contributed by atoms with Crippen molar-refractivity contribution >= 4 is 10.0 Å². The maximum atomic E-state index is 13.2. The van der Waals surface area contributed by atoms with Crippen LogP contribution in [0, 0.1) is 5.82 Å². The third kappa shape index (κ3) is 4.46. The third-order valence-electron chi connectivity index (χ3n) is 3.06. The van der Waals surface area contributed by atoms with Crippen molar-refractivity contribution in [2.45, 2.75) is 18.1 Å². The normalized spacial score (nSPS) is 11.9. The highest BCUT2D eigenvalue weighted by Gasteiger charge is 2.21. The van der Waals surface area contributed by atoms with Crippen molar-refractivity contribution in [3.8, 4) is 5.75 Å². The molecular weight excluding hydrogens is 331 g/mol. The summed E-state index contributed by atoms with van der Waals surface area (Å²) in [6.07, 6.45) is 0. The number of sulfonamides is 1. The maximum Gasteiger partial charge on any atom is 0.387 e. The van der Waals surface area contributed by atoms with Gasteiger partial charge in [0.2, 0.25) is 10.0 Å². The SMILES string of the molecule is CN(Cc1ccc(OC(F)F)cc1)S(=O)(=O)c1cccc(F)c1. The largest absolute Gasteiger partial charge is 0.435 e. The monoisotopic (exact) mass is 345 g/mol. The molecule has 0 saturated heterocycles. The van der Waals surface area contributed by atoms with Gasteiger partial charge in [-0.2, -0.15) is 13.1 Å². The van der Waals surface area contributed by atoms with E-state index in [1.165, 1.54) is 43.4 Å². The zero-order valence-corrected chi connectivity index (χ0v) is 12.9. The summed E-state index contributed by atoms with van der Waals surface area (Å²) >= 11 is 0. The van der Waals surface area contributed by atoms with Crippen LogP contribution in [0.5, 0.6) is 5.75 Å². The fraction of sp³-hybridized carbons (Fsp3) is 0.200. The highest BCUT2D eigenvalue weighted by atomic mass is 32.2. The van der Waals surface area contributed by atoms with Crippen LogP contribution in [0.2, 0.25) is 0 Å². The van der Waals surface area contributed by atoms with Crippen molar-refractivity contribution in [3.05, 3.63) is 59.9 Å². The Morgan fingerprint density at radius 3 is 2.35 bits per heavy atom. The number of hydrogen-bond donors (Lipinski definition) is 0. The molecular formula is C15H14F3NO3S. The Hall–Kier alpha value is -2.06. The molecule has 0 aliphatic rings. The molecule has 2 aromatic rings. The van der Waals surface area contributed by atoms with Crippen molar-refractivity contribution in [1.29, 1.82) is 0 Å². The minimum absolute atomic E-state index is 0.00774. The molecule has 0 aliphatic heterocycles. The molecule has 124 valence electrons. The van der Waals surface area contributed by atoms with Gasteiger partial charge in [-0.25, -0.2) is 12.8 Å². The zero-order chi connectivity index (χ0) is 17.0. The van der Waals surface area contributed by atoms with E-state index in [-0.39, 0.29) is 17.2 Å². The molecule has 0 saturated carbocycles. The molecule has 0 spiro atoms. The molecule has 0 amide bonds. The van der Waals surface area contributed by atoms with Crippen LogP contribution in [0.4, 0.5) is 13.2 Å². The first-order valence-electron chi connectivity index (χ1n) is 6.55. The van der Waals surface area contributed by atoms with Crippen molar-refractivity contribution in [2.24, 2.45) is 0 Å². The number of nitrogens with zero attached hydrogens (tertiary/aromatic N) is 1. The van der Waals surface area contributed by atoms with E-state index in [1.807, 2.05) is 0 Å². The summed E-state index contributed by atoms with van der Waals surface area (Å²) in [5.74, 6) is -0.660. The molecule has 2 rings (SSSR count). The smallest absolute Gasteiger partial charge is 0.387 e. The second-order valence-electron chi connectivity index (χ2n) is 4.74. The number of rotatable bonds is 6. The van der Waals surface area contributed by atoms with E-state index < -0.39 is 22.5 Å². The fourth-order valence-electron chi connectivity index (χ4n) is 1.93. The lowest BCUT2D eigenvalue weighted by atomic mass is 10.2. The first kappa shape index (κ1) is 17.3. The van der Waals surface area contributed by atoms with Gasteiger partial charge in [0.1, 0.15) is 11.6 Å². The van der Waals surface area contributed by atoms with Crippen LogP contribution in [-0.4, -0.2) is 26.4 Å². The van der Waals surface area contributed by atoms with Gasteiger partial charge in [-0.1, -0.05) is 18.2 Å². The minimum Gasteiger partial charge on any atom is -0.435 e. The Bertz CT molecular complexity index is 764. The van der Waals surface area contributed by atoms with Crippen molar-refractivity contribution in [1.82, 2.24) is 4.31 Å². The van der Waals surface area contributed by atoms with Gasteiger partial charge in [0.25, 0.3) is 0 Å². The predicted octanol–water partition coefficient (Wildman–Crippen LogP) is 3.25. The summed E-state index contributed by atoms with van der Waals surface area (Å²) in [6, 6.07) is 10.3. The van der Waals surface area contributed by atoms with E-state index >= 15 is 0 Å². The van der Waals surface area contributed by atoms with Gasteiger partial charge in [0.15, 0.2) is 0 Å². The molecule has 2 aromatic carbocycles. The lowest BCUT2D eigenvalue weighted by molar-refractivity contribution is -0.0498. The quantitative estimate of drug-likeness (QED) is 0.807. The highest BCUT2D eigenvalue weighted by Crippen LogP contribution is 2.20. The average Bonchev–Trinajstić information content (AvgIpc) is 2.48. The van der Waals surface area contributed by atoms with E-state index in [9.17, 15) is 21.6 Å². The van der Waals surface area contributed by atoms with Crippen molar-refractivity contribution in [3.63, 3.8) is 0 Å². The molecule has 0 heterocycles. The molecule has 0 bridgehead atoms. The molecule has 4 nitrogen and oxygen atoms in total. The summed E-state index contributed by atoms with van der Waals surface area (Å²) in [6.45, 7) is -2.91. The van der Waals surface area contributed by atoms with Crippen LogP contribution in [0.3, 0.4) is 0 Å². The molecule has 0 N–H and O–H groups in total. The summed E-state index contributed by atoms with van der Waals surface area (Å²) in [5.41, 5.74) is 0.578. The number of alkyl halides is 2. The van der Waals surface area contributed by atoms with Crippen LogP contribution in [0.25, 0.3) is 0 Å². The van der Waals surface area contributed by atoms with Gasteiger partial charge in [0, 0.05) is 13.6 Å². The second kappa shape index (κ2) is 7.01. The van der Waals surface area contributed by atoms with E-state index in [1.54, 1.807) is 0 Å². The van der Waals surface area contributed by atoms with Crippen molar-refractivity contribution in [2.75, 3.05) is 7.05 Å². The molecule has 23 heavy (non-hydrogen) atoms. The molecule has 0 radical (unpaired) electrons. The first-order chi connectivity index (χ1) is 10.8. The standard InChI is InChI=1S/C15H14F3NO3S/c1-19(23(20,21)14-4-2-3-12(16)9-14)10-11-5-7-13(8-6-11)22-15(17)18/h2-9,15H,10H2,1H3. The van der Waals surface area contributed by atoms with Gasteiger partial charge < -0.3 is 4.74 Å². The molecule has 0 aliphatic carbocycles. The first-order valence-corrected chi connectivity index (χ1v) is 7.99. The van der Waals surface area contributed by atoms with E-state index in [4.69, 9.17) is 0 Å². The Morgan fingerprint density at radius 1 is 1.13 bits per heavy atom. The minimum atomic E-state index is -3.85. The molecule has 0 unspecified atom stereocenters. The average molecular weight is 345 g/mol. The van der Waals surface area contributed by atoms with Gasteiger partial charge in [0.05, 0.1) is 4.90 Å². The van der Waals surface area contributed by atoms with Gasteiger partial charge in [-0.3, -0.25) is 0 Å². The van der Waals surface area contributed by atoms with Crippen LogP contribution in [-0.2, 0) is 16.6 Å². The number of benzene rings is 2. The molecule has 0 atom stereocenters. The van der Waals surface area contributed by atoms with Crippen LogP contribution in [0.15, 0.2) is 53.4 Å². The Morgan fingerprint density at radius 2 is 1.78 bits per heavy atom. The summed E-state index contributed by atoms with van der Waals surface area (Å²) < 4.78 is 67.2. The van der Waals surface area contributed by atoms with Gasteiger partial charge >= 0.3 is 6.61 Å². The Labute approximate surface area is 132 Å². The summed E-state index contributed by atoms with van der Waals surface area (Å²) in [7, 11) is -2.50. The van der Waals surface area contributed by atoms with E-state index in [2.05, 4.69) is 4.74 Å². The Balaban J connectivity index is 2.13. The van der Waals surface area contributed by atoms with Crippen molar-refractivity contribution < 1.29 is 26.3 Å². The fourth-order valence-corrected chi connectivity index (χ4v) is 3.12. The summed E-state index contributed by atoms with van der Waals surface area (Å²) in [4.78, 5) is -0.155. The molecule has 8 heteroatoms. The Kier molecular flexibility index (Phi) is 5.27. The van der Waals surface area contributed by atoms with Crippen LogP contribution >= 0.6 is 0 Å². The lowest BCUT2D eigenvalue weighted by Crippen LogP contribution is -2.26. The lowest BCUT2D eigenvalue weighted by Gasteiger charge is -2.17. The van der Waals surface area contributed by atoms with Crippen LogP contribution < -0.4 is 4.74 Å². The molecule has 0 aromatic heterocycles. The zero-order valence-electron chi connectivity index (χ0n) is 12.1. The molecule has 0 fully saturated rings. The maximum absolute atomic E-state index is 13.2. The number of hydrogen-bond acceptors (Lipinski definition) is 3. The number of halogens is 3. The van der Waals surface area contributed by atoms with Gasteiger partial charge in [-0.15, -0.1) is 0 Å². The number of ether oxygens (including phenoxy) is 1. The van der Waals surface area contributed by atoms with E-state index in [0.717, 1.165) is 16.4 Å². The second-order valence-corrected chi connectivity index (χ2v) is 6.79. The highest BCUT2D eigenvalue weighted by molar-refractivity contribution is 7.89. The topological polar surface area (TPSA) is 46.6 Å². The third-order valence-corrected chi connectivity index (χ3v) is 4.86. The van der Waals surface area contributed by atoms with Gasteiger partial charge in [-0.05, 0) is 35.9 Å². The predicted molar refractivity (Wildman–Crippen MR) is 78.1 cm³/mol. The van der Waals surface area contributed by atoms with E-state index in [0.29, 0.717) is 5.56 Å². The summed E-state index contributed by atoms with van der Waals surface area (Å²) in [5, 5.41) is 0. The van der Waals surface area contributed by atoms with Crippen LogP contribution in [0.1, 0.15) is 5.56 Å².